The van der Waals surface area contributed by atoms with Crippen molar-refractivity contribution in [1.82, 2.24) is 10.3 Å². The number of nitrogens with zero attached hydrogens (tertiary/aromatic N) is 1. The van der Waals surface area contributed by atoms with Gasteiger partial charge in [-0.3, -0.25) is 9.78 Å². The average molecular weight is 400 g/mol. The molecule has 0 radical (unpaired) electrons. The normalized spacial score (nSPS) is 10.4. The predicted octanol–water partition coefficient (Wildman–Crippen LogP) is 4.52. The van der Waals surface area contributed by atoms with E-state index in [1.165, 1.54) is 12.1 Å². The molecule has 2 aromatic carbocycles. The van der Waals surface area contributed by atoms with Gasteiger partial charge in [0.2, 0.25) is 0 Å². The SMILES string of the molecule is CNC(=O)c1ccc(NCc2cncc(-c3cc(F)ccc3OC)c2)cc1Cl. The van der Waals surface area contributed by atoms with Crippen molar-refractivity contribution in [2.45, 2.75) is 6.54 Å². The molecular weight excluding hydrogens is 381 g/mol. The smallest absolute Gasteiger partial charge is 0.252 e. The molecule has 1 amide bonds. The number of halogens is 2. The van der Waals surface area contributed by atoms with Crippen LogP contribution < -0.4 is 15.4 Å². The van der Waals surface area contributed by atoms with E-state index in [4.69, 9.17) is 16.3 Å². The number of pyridine rings is 1. The highest BCUT2D eigenvalue weighted by Gasteiger charge is 2.10. The van der Waals surface area contributed by atoms with Crippen LogP contribution in [0.5, 0.6) is 5.75 Å². The van der Waals surface area contributed by atoms with Crippen molar-refractivity contribution in [3.8, 4) is 16.9 Å². The van der Waals surface area contributed by atoms with E-state index in [9.17, 15) is 9.18 Å². The van der Waals surface area contributed by atoms with Crippen LogP contribution in [0.25, 0.3) is 11.1 Å². The summed E-state index contributed by atoms with van der Waals surface area (Å²) in [5, 5.41) is 6.15. The summed E-state index contributed by atoms with van der Waals surface area (Å²) in [6.45, 7) is 0.480. The van der Waals surface area contributed by atoms with Gasteiger partial charge in [-0.1, -0.05) is 11.6 Å². The molecule has 0 atom stereocenters. The zero-order chi connectivity index (χ0) is 20.1. The van der Waals surface area contributed by atoms with Gasteiger partial charge in [0.15, 0.2) is 0 Å². The van der Waals surface area contributed by atoms with Crippen LogP contribution in [-0.4, -0.2) is 25.0 Å². The van der Waals surface area contributed by atoms with Crippen LogP contribution in [0, 0.1) is 5.82 Å². The molecule has 5 nitrogen and oxygen atoms in total. The van der Waals surface area contributed by atoms with Crippen molar-refractivity contribution in [3.05, 3.63) is 76.8 Å². The summed E-state index contributed by atoms with van der Waals surface area (Å²) in [5.41, 5.74) is 3.47. The van der Waals surface area contributed by atoms with E-state index in [0.29, 0.717) is 28.4 Å². The third kappa shape index (κ3) is 4.40. The number of methoxy groups -OCH3 is 1. The van der Waals surface area contributed by atoms with Gasteiger partial charge >= 0.3 is 0 Å². The molecule has 0 aliphatic carbocycles. The number of anilines is 1. The molecule has 2 N–H and O–H groups in total. The fourth-order valence-electron chi connectivity index (χ4n) is 2.79. The van der Waals surface area contributed by atoms with Crippen molar-refractivity contribution in [1.29, 1.82) is 0 Å². The van der Waals surface area contributed by atoms with Crippen LogP contribution in [0.4, 0.5) is 10.1 Å². The zero-order valence-corrected chi connectivity index (χ0v) is 16.2. The van der Waals surface area contributed by atoms with Crippen molar-refractivity contribution in [2.75, 3.05) is 19.5 Å². The van der Waals surface area contributed by atoms with Gasteiger partial charge in [0.25, 0.3) is 5.91 Å². The maximum atomic E-state index is 13.7. The fourth-order valence-corrected chi connectivity index (χ4v) is 3.05. The lowest BCUT2D eigenvalue weighted by molar-refractivity contribution is 0.0963. The van der Waals surface area contributed by atoms with Gasteiger partial charge in [-0.05, 0) is 48.0 Å². The Morgan fingerprint density at radius 3 is 2.71 bits per heavy atom. The van der Waals surface area contributed by atoms with Crippen LogP contribution in [0.2, 0.25) is 5.02 Å². The molecule has 0 bridgehead atoms. The Balaban J connectivity index is 1.78. The molecule has 144 valence electrons. The molecule has 0 aliphatic heterocycles. The Kier molecular flexibility index (Phi) is 6.11. The highest BCUT2D eigenvalue weighted by atomic mass is 35.5. The highest BCUT2D eigenvalue weighted by molar-refractivity contribution is 6.34. The van der Waals surface area contributed by atoms with E-state index in [2.05, 4.69) is 15.6 Å². The molecule has 28 heavy (non-hydrogen) atoms. The third-order valence-corrected chi connectivity index (χ3v) is 4.52. The number of carbonyl (C=O) groups is 1. The van der Waals surface area contributed by atoms with Crippen LogP contribution in [0.1, 0.15) is 15.9 Å². The summed E-state index contributed by atoms with van der Waals surface area (Å²) in [4.78, 5) is 16.0. The average Bonchev–Trinajstić information content (AvgIpc) is 2.72. The quantitative estimate of drug-likeness (QED) is 0.639. The first kappa shape index (κ1) is 19.6. The van der Waals surface area contributed by atoms with Gasteiger partial charge in [0.1, 0.15) is 11.6 Å². The number of hydrogen-bond acceptors (Lipinski definition) is 4. The molecule has 0 fully saturated rings. The number of hydrogen-bond donors (Lipinski definition) is 2. The van der Waals surface area contributed by atoms with E-state index in [1.807, 2.05) is 6.07 Å². The number of benzene rings is 2. The van der Waals surface area contributed by atoms with Gasteiger partial charge in [0, 0.05) is 42.8 Å². The van der Waals surface area contributed by atoms with Gasteiger partial charge in [-0.15, -0.1) is 0 Å². The summed E-state index contributed by atoms with van der Waals surface area (Å²) in [5.74, 6) is -0.00690. The summed E-state index contributed by atoms with van der Waals surface area (Å²) in [6.07, 6.45) is 3.39. The minimum Gasteiger partial charge on any atom is -0.496 e. The number of rotatable bonds is 6. The Morgan fingerprint density at radius 1 is 1.18 bits per heavy atom. The summed E-state index contributed by atoms with van der Waals surface area (Å²) in [6, 6.07) is 11.4. The van der Waals surface area contributed by atoms with Crippen LogP contribution in [-0.2, 0) is 6.54 Å². The summed E-state index contributed by atoms with van der Waals surface area (Å²) < 4.78 is 19.0. The molecule has 3 rings (SSSR count). The van der Waals surface area contributed by atoms with Crippen LogP contribution >= 0.6 is 11.6 Å². The van der Waals surface area contributed by atoms with Crippen LogP contribution in [0.15, 0.2) is 54.9 Å². The summed E-state index contributed by atoms with van der Waals surface area (Å²) >= 11 is 6.18. The topological polar surface area (TPSA) is 63.2 Å². The van der Waals surface area contributed by atoms with E-state index < -0.39 is 0 Å². The van der Waals surface area contributed by atoms with E-state index >= 15 is 0 Å². The molecule has 1 aromatic heterocycles. The minimum absolute atomic E-state index is 0.238. The lowest BCUT2D eigenvalue weighted by atomic mass is 10.0. The molecule has 0 saturated heterocycles. The monoisotopic (exact) mass is 399 g/mol. The standard InChI is InChI=1S/C21H19ClFN3O2/c1-24-21(27)17-5-4-16(9-19(17)22)26-11-13-7-14(12-25-10-13)18-8-15(23)3-6-20(18)28-2/h3-10,12,26H,11H2,1-2H3,(H,24,27). The predicted molar refractivity (Wildman–Crippen MR) is 108 cm³/mol. The Morgan fingerprint density at radius 2 is 2.00 bits per heavy atom. The van der Waals surface area contributed by atoms with Crippen molar-refractivity contribution in [3.63, 3.8) is 0 Å². The number of amides is 1. The maximum Gasteiger partial charge on any atom is 0.252 e. The number of carbonyl (C=O) groups excluding carboxylic acids is 1. The molecule has 0 aliphatic rings. The lowest BCUT2D eigenvalue weighted by Crippen LogP contribution is -2.18. The molecule has 0 saturated carbocycles. The molecule has 0 spiro atoms. The zero-order valence-electron chi connectivity index (χ0n) is 15.4. The minimum atomic E-state index is -0.342. The van der Waals surface area contributed by atoms with Crippen molar-refractivity contribution >= 4 is 23.2 Å². The van der Waals surface area contributed by atoms with E-state index in [1.54, 1.807) is 50.8 Å². The largest absolute Gasteiger partial charge is 0.496 e. The summed E-state index contributed by atoms with van der Waals surface area (Å²) in [7, 11) is 3.10. The first-order chi connectivity index (χ1) is 13.5. The van der Waals surface area contributed by atoms with E-state index in [-0.39, 0.29) is 11.7 Å². The first-order valence-electron chi connectivity index (χ1n) is 8.55. The fraction of sp³-hybridized carbons (Fsp3) is 0.143. The van der Waals surface area contributed by atoms with E-state index in [0.717, 1.165) is 16.8 Å². The molecule has 3 aromatic rings. The Bertz CT molecular complexity index is 1010. The highest BCUT2D eigenvalue weighted by Crippen LogP contribution is 2.30. The van der Waals surface area contributed by atoms with Gasteiger partial charge in [-0.25, -0.2) is 4.39 Å². The number of aromatic nitrogens is 1. The van der Waals surface area contributed by atoms with Crippen molar-refractivity contribution < 1.29 is 13.9 Å². The second kappa shape index (κ2) is 8.71. The van der Waals surface area contributed by atoms with Gasteiger partial charge in [0.05, 0.1) is 17.7 Å². The first-order valence-corrected chi connectivity index (χ1v) is 8.93. The van der Waals surface area contributed by atoms with Gasteiger partial charge in [-0.2, -0.15) is 0 Å². The van der Waals surface area contributed by atoms with Gasteiger partial charge < -0.3 is 15.4 Å². The second-order valence-electron chi connectivity index (χ2n) is 6.05. The Labute approximate surface area is 167 Å². The van der Waals surface area contributed by atoms with Crippen molar-refractivity contribution in [2.24, 2.45) is 0 Å². The third-order valence-electron chi connectivity index (χ3n) is 4.20. The molecule has 7 heteroatoms. The number of nitrogens with one attached hydrogen (secondary N) is 2. The van der Waals surface area contributed by atoms with Crippen LogP contribution in [0.3, 0.4) is 0 Å². The Hall–Kier alpha value is -3.12. The maximum absolute atomic E-state index is 13.7. The number of ether oxygens (including phenoxy) is 1. The second-order valence-corrected chi connectivity index (χ2v) is 6.46. The lowest BCUT2D eigenvalue weighted by Gasteiger charge is -2.11. The molecule has 1 heterocycles. The molecular formula is C21H19ClFN3O2. The molecule has 0 unspecified atom stereocenters.